The van der Waals surface area contributed by atoms with Gasteiger partial charge < -0.3 is 28.7 Å². The smallest absolute Gasteiger partial charge is 0.375 e. The SMILES string of the molecule is CCOCc1c(C(=O)OCC(=O)NC(C)c2ccc3c(c2)OCO3)oc2ccccc12. The summed E-state index contributed by atoms with van der Waals surface area (Å²) in [5.74, 6) is 0.214. The number of para-hydroxylation sites is 1. The first-order valence-electron chi connectivity index (χ1n) is 10.0. The molecule has 3 aromatic rings. The van der Waals surface area contributed by atoms with Gasteiger partial charge in [0.25, 0.3) is 5.91 Å². The van der Waals surface area contributed by atoms with Gasteiger partial charge in [0.15, 0.2) is 18.1 Å². The van der Waals surface area contributed by atoms with E-state index in [-0.39, 0.29) is 25.2 Å². The fourth-order valence-corrected chi connectivity index (χ4v) is 3.36. The maximum absolute atomic E-state index is 12.6. The minimum atomic E-state index is -0.711. The van der Waals surface area contributed by atoms with Gasteiger partial charge in [-0.15, -0.1) is 0 Å². The van der Waals surface area contributed by atoms with E-state index in [0.29, 0.717) is 29.3 Å². The maximum atomic E-state index is 12.6. The second kappa shape index (κ2) is 9.09. The molecular weight excluding hydrogens is 402 g/mol. The highest BCUT2D eigenvalue weighted by molar-refractivity contribution is 5.96. The van der Waals surface area contributed by atoms with Gasteiger partial charge in [-0.1, -0.05) is 24.3 Å². The minimum absolute atomic E-state index is 0.0475. The summed E-state index contributed by atoms with van der Waals surface area (Å²) < 4.78 is 27.0. The first-order valence-corrected chi connectivity index (χ1v) is 10.0. The Balaban J connectivity index is 1.38. The van der Waals surface area contributed by atoms with Gasteiger partial charge >= 0.3 is 5.97 Å². The predicted molar refractivity (Wildman–Crippen MR) is 111 cm³/mol. The third kappa shape index (κ3) is 4.49. The zero-order valence-corrected chi connectivity index (χ0v) is 17.3. The molecule has 1 N–H and O–H groups in total. The lowest BCUT2D eigenvalue weighted by Gasteiger charge is -2.15. The van der Waals surface area contributed by atoms with E-state index in [4.69, 9.17) is 23.4 Å². The van der Waals surface area contributed by atoms with E-state index < -0.39 is 18.5 Å². The van der Waals surface area contributed by atoms with E-state index in [1.807, 2.05) is 44.2 Å². The molecule has 2 heterocycles. The van der Waals surface area contributed by atoms with Crippen LogP contribution in [0.1, 0.15) is 41.6 Å². The Kier molecular flexibility index (Phi) is 6.08. The molecule has 0 spiro atoms. The standard InChI is InChI=1S/C23H23NO7/c1-3-27-11-17-16-6-4-5-7-18(16)31-22(17)23(26)28-12-21(25)24-14(2)15-8-9-19-20(10-15)30-13-29-19/h4-10,14H,3,11-13H2,1-2H3,(H,24,25). The first kappa shape index (κ1) is 20.7. The molecular formula is C23H23NO7. The lowest BCUT2D eigenvalue weighted by Crippen LogP contribution is -2.31. The van der Waals surface area contributed by atoms with Crippen LogP contribution in [0, 0.1) is 0 Å². The van der Waals surface area contributed by atoms with Gasteiger partial charge in [-0.3, -0.25) is 4.79 Å². The van der Waals surface area contributed by atoms with Crippen molar-refractivity contribution in [2.75, 3.05) is 20.0 Å². The van der Waals surface area contributed by atoms with Crippen LogP contribution in [0.2, 0.25) is 0 Å². The van der Waals surface area contributed by atoms with Crippen molar-refractivity contribution in [3.05, 3.63) is 59.4 Å². The summed E-state index contributed by atoms with van der Waals surface area (Å²) in [6.07, 6.45) is 0. The highest BCUT2D eigenvalue weighted by Gasteiger charge is 2.23. The molecule has 0 fully saturated rings. The quantitative estimate of drug-likeness (QED) is 0.549. The monoisotopic (exact) mass is 425 g/mol. The zero-order valence-electron chi connectivity index (χ0n) is 17.3. The molecule has 1 aliphatic rings. The second-order valence-electron chi connectivity index (χ2n) is 7.02. The number of amides is 1. The van der Waals surface area contributed by atoms with E-state index in [1.54, 1.807) is 12.1 Å². The molecule has 1 aromatic heterocycles. The summed E-state index contributed by atoms with van der Waals surface area (Å²) in [5.41, 5.74) is 2.02. The van der Waals surface area contributed by atoms with Gasteiger partial charge in [0.2, 0.25) is 12.6 Å². The molecule has 0 saturated carbocycles. The number of fused-ring (bicyclic) bond motifs is 2. The Bertz CT molecular complexity index is 1100. The molecule has 4 rings (SSSR count). The largest absolute Gasteiger partial charge is 0.454 e. The molecule has 0 radical (unpaired) electrons. The first-order chi connectivity index (χ1) is 15.1. The summed E-state index contributed by atoms with van der Waals surface area (Å²) in [6, 6.07) is 12.4. The summed E-state index contributed by atoms with van der Waals surface area (Å²) in [4.78, 5) is 24.9. The van der Waals surface area contributed by atoms with Crippen molar-refractivity contribution >= 4 is 22.8 Å². The molecule has 1 atom stereocenters. The van der Waals surface area contributed by atoms with E-state index in [2.05, 4.69) is 5.32 Å². The van der Waals surface area contributed by atoms with Crippen LogP contribution < -0.4 is 14.8 Å². The number of esters is 1. The molecule has 1 unspecified atom stereocenters. The number of carbonyl (C=O) groups is 2. The number of rotatable bonds is 8. The third-order valence-electron chi connectivity index (χ3n) is 4.94. The molecule has 8 nitrogen and oxygen atoms in total. The number of carbonyl (C=O) groups excluding carboxylic acids is 2. The number of nitrogens with one attached hydrogen (secondary N) is 1. The lowest BCUT2D eigenvalue weighted by atomic mass is 10.1. The molecule has 2 aromatic carbocycles. The van der Waals surface area contributed by atoms with Crippen LogP contribution in [-0.4, -0.2) is 31.9 Å². The molecule has 0 saturated heterocycles. The van der Waals surface area contributed by atoms with Crippen molar-refractivity contribution in [3.63, 3.8) is 0 Å². The van der Waals surface area contributed by atoms with Crippen molar-refractivity contribution in [2.45, 2.75) is 26.5 Å². The van der Waals surface area contributed by atoms with Gasteiger partial charge in [0.05, 0.1) is 12.6 Å². The number of ether oxygens (including phenoxy) is 4. The summed E-state index contributed by atoms with van der Waals surface area (Å²) in [5, 5.41) is 3.58. The van der Waals surface area contributed by atoms with Crippen molar-refractivity contribution in [1.82, 2.24) is 5.32 Å². The van der Waals surface area contributed by atoms with Gasteiger partial charge in [-0.2, -0.15) is 0 Å². The fraction of sp³-hybridized carbons (Fsp3) is 0.304. The topological polar surface area (TPSA) is 96.2 Å². The van der Waals surface area contributed by atoms with Crippen LogP contribution in [0.3, 0.4) is 0 Å². The van der Waals surface area contributed by atoms with Gasteiger partial charge in [-0.05, 0) is 37.6 Å². The molecule has 0 aliphatic carbocycles. The Morgan fingerprint density at radius 1 is 1.13 bits per heavy atom. The zero-order chi connectivity index (χ0) is 21.8. The van der Waals surface area contributed by atoms with Crippen LogP contribution in [0.15, 0.2) is 46.9 Å². The van der Waals surface area contributed by atoms with E-state index in [9.17, 15) is 9.59 Å². The Hall–Kier alpha value is -3.52. The number of furan rings is 1. The van der Waals surface area contributed by atoms with Crippen LogP contribution in [-0.2, 0) is 20.9 Å². The van der Waals surface area contributed by atoms with Crippen molar-refractivity contribution in [3.8, 4) is 11.5 Å². The van der Waals surface area contributed by atoms with Crippen LogP contribution in [0.25, 0.3) is 11.0 Å². The van der Waals surface area contributed by atoms with E-state index in [0.717, 1.165) is 10.9 Å². The highest BCUT2D eigenvalue weighted by Crippen LogP contribution is 2.34. The average molecular weight is 425 g/mol. The number of hydrogen-bond acceptors (Lipinski definition) is 7. The normalized spacial score (nSPS) is 13.2. The van der Waals surface area contributed by atoms with E-state index in [1.165, 1.54) is 0 Å². The minimum Gasteiger partial charge on any atom is -0.454 e. The van der Waals surface area contributed by atoms with Gasteiger partial charge in [0.1, 0.15) is 5.58 Å². The van der Waals surface area contributed by atoms with Crippen molar-refractivity contribution in [1.29, 1.82) is 0 Å². The Morgan fingerprint density at radius 2 is 1.94 bits per heavy atom. The third-order valence-corrected chi connectivity index (χ3v) is 4.94. The summed E-state index contributed by atoms with van der Waals surface area (Å²) >= 11 is 0. The van der Waals surface area contributed by atoms with Crippen molar-refractivity contribution in [2.24, 2.45) is 0 Å². The van der Waals surface area contributed by atoms with Crippen LogP contribution >= 0.6 is 0 Å². The molecule has 1 aliphatic heterocycles. The molecule has 1 amide bonds. The van der Waals surface area contributed by atoms with Crippen molar-refractivity contribution < 1.29 is 33.0 Å². The highest BCUT2D eigenvalue weighted by atomic mass is 16.7. The second-order valence-corrected chi connectivity index (χ2v) is 7.02. The van der Waals surface area contributed by atoms with Gasteiger partial charge in [0, 0.05) is 17.6 Å². The van der Waals surface area contributed by atoms with Crippen LogP contribution in [0.5, 0.6) is 11.5 Å². The molecule has 0 bridgehead atoms. The fourth-order valence-electron chi connectivity index (χ4n) is 3.36. The number of benzene rings is 2. The van der Waals surface area contributed by atoms with Crippen LogP contribution in [0.4, 0.5) is 0 Å². The number of hydrogen-bond donors (Lipinski definition) is 1. The molecule has 162 valence electrons. The lowest BCUT2D eigenvalue weighted by molar-refractivity contribution is -0.124. The Morgan fingerprint density at radius 3 is 2.77 bits per heavy atom. The Labute approximate surface area is 179 Å². The summed E-state index contributed by atoms with van der Waals surface area (Å²) in [6.45, 7) is 4.16. The maximum Gasteiger partial charge on any atom is 0.375 e. The molecule has 8 heteroatoms. The van der Waals surface area contributed by atoms with E-state index >= 15 is 0 Å². The summed E-state index contributed by atoms with van der Waals surface area (Å²) in [7, 11) is 0. The molecule has 31 heavy (non-hydrogen) atoms. The van der Waals surface area contributed by atoms with Gasteiger partial charge in [-0.25, -0.2) is 4.79 Å². The average Bonchev–Trinajstić information content (AvgIpc) is 3.40. The predicted octanol–water partition coefficient (Wildman–Crippen LogP) is 3.73.